The van der Waals surface area contributed by atoms with Crippen molar-refractivity contribution in [3.05, 3.63) is 23.8 Å². The van der Waals surface area contributed by atoms with Crippen LogP contribution in [0.3, 0.4) is 0 Å². The minimum atomic E-state index is -0.447. The van der Waals surface area contributed by atoms with Crippen LogP contribution >= 0.6 is 0 Å². The number of methoxy groups -OCH3 is 1. The topological polar surface area (TPSA) is 133 Å². The summed E-state index contributed by atoms with van der Waals surface area (Å²) < 4.78 is 27.0. The van der Waals surface area contributed by atoms with Gasteiger partial charge in [-0.1, -0.05) is 0 Å². The third-order valence-electron chi connectivity index (χ3n) is 5.48. The van der Waals surface area contributed by atoms with E-state index >= 15 is 0 Å². The number of hydrogen-bond acceptors (Lipinski definition) is 13. The van der Waals surface area contributed by atoms with Crippen molar-refractivity contribution >= 4 is 30.0 Å². The van der Waals surface area contributed by atoms with Gasteiger partial charge in [0.05, 0.1) is 45.9 Å². The number of benzene rings is 1. The maximum absolute atomic E-state index is 11.8. The van der Waals surface area contributed by atoms with E-state index in [1.54, 1.807) is 38.3 Å². The number of nitrogens with zero attached hydrogens (tertiary/aromatic N) is 6. The van der Waals surface area contributed by atoms with Gasteiger partial charge in [-0.05, 0) is 37.6 Å². The molecule has 4 rings (SSSR count). The zero-order valence-corrected chi connectivity index (χ0v) is 21.4. The lowest BCUT2D eigenvalue weighted by molar-refractivity contribution is -0.149. The van der Waals surface area contributed by atoms with E-state index in [0.717, 1.165) is 5.56 Å². The molecule has 2 aliphatic rings. The first-order valence-corrected chi connectivity index (χ1v) is 12.2. The summed E-state index contributed by atoms with van der Waals surface area (Å²) in [6, 6.07) is 5.25. The van der Waals surface area contributed by atoms with Gasteiger partial charge in [-0.25, -0.2) is 10.2 Å². The van der Waals surface area contributed by atoms with E-state index in [-0.39, 0.29) is 12.7 Å². The standard InChI is InChI=1S/C24H33N7O6/c1-17(2)37-21(32)16-36-19-5-4-18(14-20(19)33-3)15-25-29-22-26-23(30-6-10-34-11-7-30)28-24(27-22)31-8-12-35-13-9-31/h4-5,14-15,17H,6-13,16H2,1-3H3,(H,26,27,28,29)/b25-15+. The van der Waals surface area contributed by atoms with Crippen LogP contribution in [0.2, 0.25) is 0 Å². The SMILES string of the molecule is COc1cc(/C=N/Nc2nc(N3CCOCC3)nc(N3CCOCC3)n2)ccc1OCC(=O)OC(C)C. The van der Waals surface area contributed by atoms with E-state index in [0.29, 0.717) is 82.0 Å². The predicted octanol–water partition coefficient (Wildman–Crippen LogP) is 1.33. The van der Waals surface area contributed by atoms with Crippen molar-refractivity contribution < 1.29 is 28.5 Å². The molecule has 2 fully saturated rings. The number of rotatable bonds is 10. The van der Waals surface area contributed by atoms with E-state index in [9.17, 15) is 4.79 Å². The molecule has 37 heavy (non-hydrogen) atoms. The summed E-state index contributed by atoms with van der Waals surface area (Å²) in [7, 11) is 1.53. The van der Waals surface area contributed by atoms with Gasteiger partial charge in [-0.2, -0.15) is 20.1 Å². The van der Waals surface area contributed by atoms with E-state index < -0.39 is 5.97 Å². The highest BCUT2D eigenvalue weighted by atomic mass is 16.6. The minimum Gasteiger partial charge on any atom is -0.493 e. The van der Waals surface area contributed by atoms with Crippen molar-refractivity contribution in [2.45, 2.75) is 20.0 Å². The molecule has 0 spiro atoms. The summed E-state index contributed by atoms with van der Waals surface area (Å²) in [6.07, 6.45) is 1.41. The molecule has 0 unspecified atom stereocenters. The summed E-state index contributed by atoms with van der Waals surface area (Å²) in [5.74, 6) is 1.94. The lowest BCUT2D eigenvalue weighted by atomic mass is 10.2. The number of carbonyl (C=O) groups excluding carboxylic acids is 1. The van der Waals surface area contributed by atoms with Gasteiger partial charge >= 0.3 is 5.97 Å². The molecule has 0 bridgehead atoms. The third kappa shape index (κ3) is 7.64. The summed E-state index contributed by atoms with van der Waals surface area (Å²) in [4.78, 5) is 29.7. The van der Waals surface area contributed by atoms with Gasteiger partial charge < -0.3 is 33.5 Å². The maximum atomic E-state index is 11.8. The van der Waals surface area contributed by atoms with Crippen LogP contribution < -0.4 is 24.7 Å². The molecule has 13 heteroatoms. The second-order valence-corrected chi connectivity index (χ2v) is 8.57. The Hall–Kier alpha value is -3.71. The normalized spacial score (nSPS) is 16.2. The molecule has 0 radical (unpaired) electrons. The van der Waals surface area contributed by atoms with Gasteiger partial charge in [-0.3, -0.25) is 0 Å². The molecule has 1 aromatic heterocycles. The molecule has 200 valence electrons. The molecule has 13 nitrogen and oxygen atoms in total. The average molecular weight is 516 g/mol. The molecule has 2 saturated heterocycles. The van der Waals surface area contributed by atoms with Crippen molar-refractivity contribution in [1.82, 2.24) is 15.0 Å². The Kier molecular flexibility index (Phi) is 9.27. The van der Waals surface area contributed by atoms with Crippen LogP contribution in [0, 0.1) is 0 Å². The van der Waals surface area contributed by atoms with Gasteiger partial charge in [0.15, 0.2) is 18.1 Å². The molecule has 3 heterocycles. The number of carbonyl (C=O) groups is 1. The summed E-state index contributed by atoms with van der Waals surface area (Å²) in [6.45, 7) is 8.68. The highest BCUT2D eigenvalue weighted by Gasteiger charge is 2.20. The zero-order valence-electron chi connectivity index (χ0n) is 21.4. The number of morpholine rings is 2. The molecular weight excluding hydrogens is 482 g/mol. The fourth-order valence-corrected chi connectivity index (χ4v) is 3.70. The van der Waals surface area contributed by atoms with Gasteiger partial charge in [-0.15, -0.1) is 0 Å². The number of anilines is 3. The van der Waals surface area contributed by atoms with Crippen molar-refractivity contribution in [2.75, 3.05) is 81.5 Å². The van der Waals surface area contributed by atoms with Crippen LogP contribution in [0.5, 0.6) is 11.5 Å². The molecule has 1 aromatic carbocycles. The molecular formula is C24H33N7O6. The van der Waals surface area contributed by atoms with Crippen molar-refractivity contribution in [3.63, 3.8) is 0 Å². The number of aromatic nitrogens is 3. The maximum Gasteiger partial charge on any atom is 0.344 e. The third-order valence-corrected chi connectivity index (χ3v) is 5.48. The second kappa shape index (κ2) is 13.0. The average Bonchev–Trinajstić information content (AvgIpc) is 2.92. The molecule has 0 saturated carbocycles. The Labute approximate surface area is 215 Å². The van der Waals surface area contributed by atoms with E-state index in [2.05, 4.69) is 35.3 Å². The van der Waals surface area contributed by atoms with Crippen LogP contribution in [-0.4, -0.2) is 99.6 Å². The van der Waals surface area contributed by atoms with Crippen molar-refractivity contribution in [2.24, 2.45) is 5.10 Å². The highest BCUT2D eigenvalue weighted by Crippen LogP contribution is 2.27. The Bertz CT molecular complexity index is 1040. The highest BCUT2D eigenvalue weighted by molar-refractivity contribution is 5.81. The van der Waals surface area contributed by atoms with Crippen LogP contribution in [-0.2, 0) is 19.0 Å². The number of nitrogens with one attached hydrogen (secondary N) is 1. The Morgan fingerprint density at radius 2 is 1.65 bits per heavy atom. The predicted molar refractivity (Wildman–Crippen MR) is 137 cm³/mol. The van der Waals surface area contributed by atoms with Crippen LogP contribution in [0.15, 0.2) is 23.3 Å². The molecule has 0 atom stereocenters. The number of hydrogen-bond donors (Lipinski definition) is 1. The molecule has 2 aliphatic heterocycles. The minimum absolute atomic E-state index is 0.205. The number of ether oxygens (including phenoxy) is 5. The molecule has 2 aromatic rings. The van der Waals surface area contributed by atoms with Crippen molar-refractivity contribution in [1.29, 1.82) is 0 Å². The van der Waals surface area contributed by atoms with Crippen LogP contribution in [0.25, 0.3) is 0 Å². The summed E-state index contributed by atoms with van der Waals surface area (Å²) in [5.41, 5.74) is 3.67. The van der Waals surface area contributed by atoms with Crippen molar-refractivity contribution in [3.8, 4) is 11.5 Å². The zero-order chi connectivity index (χ0) is 26.0. The number of esters is 1. The summed E-state index contributed by atoms with van der Waals surface area (Å²) in [5, 5.41) is 4.31. The Morgan fingerprint density at radius 3 is 2.22 bits per heavy atom. The first-order chi connectivity index (χ1) is 18.0. The van der Waals surface area contributed by atoms with E-state index in [1.165, 1.54) is 7.11 Å². The summed E-state index contributed by atoms with van der Waals surface area (Å²) >= 11 is 0. The lowest BCUT2D eigenvalue weighted by Crippen LogP contribution is -2.40. The molecule has 0 aliphatic carbocycles. The second-order valence-electron chi connectivity index (χ2n) is 8.57. The van der Waals surface area contributed by atoms with E-state index in [1.807, 2.05) is 0 Å². The van der Waals surface area contributed by atoms with Crippen LogP contribution in [0.1, 0.15) is 19.4 Å². The lowest BCUT2D eigenvalue weighted by Gasteiger charge is -2.30. The van der Waals surface area contributed by atoms with Gasteiger partial charge in [0.2, 0.25) is 17.8 Å². The quantitative estimate of drug-likeness (QED) is 0.278. The fraction of sp³-hybridized carbons (Fsp3) is 0.542. The van der Waals surface area contributed by atoms with Gasteiger partial charge in [0.1, 0.15) is 0 Å². The molecule has 0 amide bonds. The molecule has 1 N–H and O–H groups in total. The van der Waals surface area contributed by atoms with E-state index in [4.69, 9.17) is 23.7 Å². The van der Waals surface area contributed by atoms with Gasteiger partial charge in [0.25, 0.3) is 0 Å². The first-order valence-electron chi connectivity index (χ1n) is 12.2. The first kappa shape index (κ1) is 26.4. The largest absolute Gasteiger partial charge is 0.493 e. The Morgan fingerprint density at radius 1 is 1.03 bits per heavy atom. The Balaban J connectivity index is 1.45. The monoisotopic (exact) mass is 515 g/mol. The van der Waals surface area contributed by atoms with Crippen LogP contribution in [0.4, 0.5) is 17.8 Å². The number of hydrazone groups is 1. The van der Waals surface area contributed by atoms with Gasteiger partial charge in [0, 0.05) is 26.2 Å². The fourth-order valence-electron chi connectivity index (χ4n) is 3.70. The smallest absolute Gasteiger partial charge is 0.344 e.